The fraction of sp³-hybridized carbons (Fsp3) is 0.667. The molecule has 0 bridgehead atoms. The quantitative estimate of drug-likeness (QED) is 0.133. The lowest BCUT2D eigenvalue weighted by Gasteiger charge is -2.26. The maximum Gasteiger partial charge on any atom is 0.740 e. The molecule has 178 valence electrons. The first kappa shape index (κ1) is 27.9. The lowest BCUT2D eigenvalue weighted by molar-refractivity contribution is -0.124. The summed E-state index contributed by atoms with van der Waals surface area (Å²) in [4.78, 5) is 51.2. The van der Waals surface area contributed by atoms with Gasteiger partial charge >= 0.3 is 29.9 Å². The summed E-state index contributed by atoms with van der Waals surface area (Å²) in [5.41, 5.74) is -0.0443. The molecule has 4 unspecified atom stereocenters. The number of nitrogens with one attached hydrogen (secondary N) is 1. The number of aliphatic hydroxyl groups excluding tert-OH is 1. The van der Waals surface area contributed by atoms with Gasteiger partial charge in [-0.1, -0.05) is 4.67 Å². The summed E-state index contributed by atoms with van der Waals surface area (Å²) in [7, 11) is -12.5. The fourth-order valence-electron chi connectivity index (χ4n) is 2.08. The summed E-state index contributed by atoms with van der Waals surface area (Å²) in [5.74, 6) is -0.535. The molecule has 5 N–H and O–H groups in total. The Labute approximate surface area is 176 Å². The Morgan fingerprint density at radius 2 is 1.87 bits per heavy atom. The summed E-state index contributed by atoms with van der Waals surface area (Å²) < 4.78 is 54.4. The lowest BCUT2D eigenvalue weighted by atomic mass is 10.0. The second-order valence-electron chi connectivity index (χ2n) is 6.09. The summed E-state index contributed by atoms with van der Waals surface area (Å²) in [6.07, 6.45) is -2.33. The second-order valence-corrected chi connectivity index (χ2v) is 9.67. The van der Waals surface area contributed by atoms with E-state index < -0.39 is 60.6 Å². The topological polar surface area (TPSA) is 228 Å². The number of phosphoric ester groups is 1. The normalized spacial score (nSPS) is 20.8. The van der Waals surface area contributed by atoms with Gasteiger partial charge in [0, 0.05) is 23.4 Å². The standard InChI is InChI=1S/C12H21N2O14P3/c1-7(6-24-31(22,23)28-29(18)26-27-30(19,20)21)25-11(8(2)15)9-5-14(3)12(17)13-4-10(9)16/h5,7-8,11,15H,4,6H2,1-3H3,(H3-,13,17,19,20,21,22,23)/p+1/t7?,8-,11?/m0/s1. The highest BCUT2D eigenvalue weighted by molar-refractivity contribution is 7.56. The SMILES string of the molecule is CC(COP(=O)(O)O[P+](=O)OOP(=O)(O)O)OC(C1=CN(C)C(=O)NCC1=O)[C@H](C)O. The van der Waals surface area contributed by atoms with Crippen LogP contribution in [-0.4, -0.2) is 75.0 Å². The van der Waals surface area contributed by atoms with Crippen molar-refractivity contribution in [3.63, 3.8) is 0 Å². The number of hydrogen-bond acceptors (Lipinski definition) is 11. The van der Waals surface area contributed by atoms with Crippen molar-refractivity contribution < 1.29 is 66.0 Å². The van der Waals surface area contributed by atoms with Crippen molar-refractivity contribution in [1.29, 1.82) is 0 Å². The number of Topliss-reactive ketones (excluding diaryl/α,β-unsaturated/α-hetero) is 1. The largest absolute Gasteiger partial charge is 0.740 e. The Kier molecular flexibility index (Phi) is 10.5. The number of ether oxygens (including phenoxy) is 1. The summed E-state index contributed by atoms with van der Waals surface area (Å²) in [6, 6.07) is -0.554. The van der Waals surface area contributed by atoms with Crippen molar-refractivity contribution in [1.82, 2.24) is 10.2 Å². The maximum absolute atomic E-state index is 12.3. The van der Waals surface area contributed by atoms with Crippen LogP contribution in [0, 0.1) is 0 Å². The van der Waals surface area contributed by atoms with E-state index in [-0.39, 0.29) is 12.1 Å². The van der Waals surface area contributed by atoms with Gasteiger partial charge in [0.2, 0.25) is 0 Å². The predicted octanol–water partition coefficient (Wildman–Crippen LogP) is 0.0808. The van der Waals surface area contributed by atoms with E-state index in [2.05, 4.69) is 23.5 Å². The Morgan fingerprint density at radius 3 is 2.42 bits per heavy atom. The number of carbonyl (C=O) groups excluding carboxylic acids is 2. The number of amides is 2. The molecule has 19 heteroatoms. The number of rotatable bonds is 12. The van der Waals surface area contributed by atoms with E-state index in [4.69, 9.17) is 14.5 Å². The smallest absolute Gasteiger partial charge is 0.390 e. The predicted molar refractivity (Wildman–Crippen MR) is 99.0 cm³/mol. The van der Waals surface area contributed by atoms with Gasteiger partial charge in [-0.2, -0.15) is 0 Å². The van der Waals surface area contributed by atoms with E-state index in [9.17, 15) is 33.3 Å². The van der Waals surface area contributed by atoms with Crippen molar-refractivity contribution in [2.24, 2.45) is 0 Å². The molecule has 0 radical (unpaired) electrons. The van der Waals surface area contributed by atoms with Crippen LogP contribution in [0.4, 0.5) is 4.79 Å². The van der Waals surface area contributed by atoms with E-state index in [0.717, 1.165) is 4.90 Å². The average molecular weight is 511 g/mol. The molecule has 2 amide bonds. The lowest BCUT2D eigenvalue weighted by Crippen LogP contribution is -2.37. The van der Waals surface area contributed by atoms with E-state index in [1.807, 2.05) is 0 Å². The number of urea groups is 1. The molecule has 1 aliphatic heterocycles. The molecule has 1 rings (SSSR count). The van der Waals surface area contributed by atoms with Crippen LogP contribution in [0.15, 0.2) is 11.8 Å². The number of phosphoric acid groups is 2. The zero-order chi connectivity index (χ0) is 24.0. The summed E-state index contributed by atoms with van der Waals surface area (Å²) >= 11 is 0. The van der Waals surface area contributed by atoms with Crippen molar-refractivity contribution in [3.8, 4) is 0 Å². The molecule has 0 saturated carbocycles. The van der Waals surface area contributed by atoms with Gasteiger partial charge in [0.15, 0.2) is 5.78 Å². The van der Waals surface area contributed by atoms with Crippen molar-refractivity contribution >= 4 is 35.7 Å². The molecule has 0 saturated heterocycles. The van der Waals surface area contributed by atoms with Gasteiger partial charge < -0.3 is 29.8 Å². The van der Waals surface area contributed by atoms with Gasteiger partial charge in [-0.15, -0.1) is 0 Å². The van der Waals surface area contributed by atoms with Crippen LogP contribution in [0.5, 0.6) is 0 Å². The number of nitrogens with zero attached hydrogens (tertiary/aromatic N) is 1. The monoisotopic (exact) mass is 511 g/mol. The Balaban J connectivity index is 2.72. The van der Waals surface area contributed by atoms with Gasteiger partial charge in [0.1, 0.15) is 6.10 Å². The van der Waals surface area contributed by atoms with E-state index in [1.165, 1.54) is 27.1 Å². The van der Waals surface area contributed by atoms with Gasteiger partial charge in [0.05, 0.1) is 30.0 Å². The Hall–Kier alpha value is -1.12. The molecular weight excluding hydrogens is 489 g/mol. The van der Waals surface area contributed by atoms with Gasteiger partial charge in [0.25, 0.3) is 0 Å². The van der Waals surface area contributed by atoms with E-state index in [0.29, 0.717) is 0 Å². The Morgan fingerprint density at radius 1 is 1.26 bits per heavy atom. The summed E-state index contributed by atoms with van der Waals surface area (Å²) in [6.45, 7) is 1.65. The van der Waals surface area contributed by atoms with Crippen LogP contribution in [-0.2, 0) is 41.4 Å². The van der Waals surface area contributed by atoms with Crippen LogP contribution >= 0.6 is 23.9 Å². The van der Waals surface area contributed by atoms with Crippen LogP contribution in [0.2, 0.25) is 0 Å². The molecule has 31 heavy (non-hydrogen) atoms. The highest BCUT2D eigenvalue weighted by Crippen LogP contribution is 2.54. The number of carbonyl (C=O) groups is 2. The minimum Gasteiger partial charge on any atom is -0.390 e. The molecule has 0 aliphatic carbocycles. The molecule has 0 fully saturated rings. The third-order valence-corrected chi connectivity index (χ3v) is 5.75. The third-order valence-electron chi connectivity index (χ3n) is 3.33. The van der Waals surface area contributed by atoms with Crippen LogP contribution in [0.1, 0.15) is 13.8 Å². The zero-order valence-corrected chi connectivity index (χ0v) is 19.1. The molecule has 1 aliphatic rings. The summed E-state index contributed by atoms with van der Waals surface area (Å²) in [5, 5.41) is 12.3. The maximum atomic E-state index is 12.3. The van der Waals surface area contributed by atoms with Crippen LogP contribution in [0.25, 0.3) is 0 Å². The minimum atomic E-state index is -5.18. The van der Waals surface area contributed by atoms with Crippen LogP contribution < -0.4 is 5.32 Å². The third kappa shape index (κ3) is 10.4. The van der Waals surface area contributed by atoms with Crippen molar-refractivity contribution in [2.45, 2.75) is 32.2 Å². The second kappa shape index (κ2) is 11.7. The van der Waals surface area contributed by atoms with Gasteiger partial charge in [-0.05, 0) is 18.2 Å². The van der Waals surface area contributed by atoms with E-state index in [1.54, 1.807) is 0 Å². The molecule has 0 aromatic heterocycles. The van der Waals surface area contributed by atoms with Crippen molar-refractivity contribution in [2.75, 3.05) is 20.2 Å². The molecule has 0 aromatic rings. The number of aliphatic hydroxyl groups is 1. The van der Waals surface area contributed by atoms with Gasteiger partial charge in [-0.3, -0.25) is 14.2 Å². The highest BCUT2D eigenvalue weighted by atomic mass is 31.2. The molecule has 0 aromatic carbocycles. The first-order chi connectivity index (χ1) is 14.1. The van der Waals surface area contributed by atoms with Crippen LogP contribution in [0.3, 0.4) is 0 Å². The Bertz CT molecular complexity index is 810. The van der Waals surface area contributed by atoms with Gasteiger partial charge in [-0.25, -0.2) is 13.9 Å². The molecule has 16 nitrogen and oxygen atoms in total. The first-order valence-corrected chi connectivity index (χ1v) is 12.4. The highest BCUT2D eigenvalue weighted by Gasteiger charge is 2.41. The van der Waals surface area contributed by atoms with Crippen molar-refractivity contribution in [3.05, 3.63) is 11.8 Å². The minimum absolute atomic E-state index is 0.0443. The fourth-order valence-corrected chi connectivity index (χ4v) is 4.02. The zero-order valence-electron chi connectivity index (χ0n) is 16.4. The molecule has 0 spiro atoms. The number of hydrogen-bond donors (Lipinski definition) is 5. The van der Waals surface area contributed by atoms with E-state index >= 15 is 0 Å². The molecule has 5 atom stereocenters. The first-order valence-electron chi connectivity index (χ1n) is 8.26. The molecule has 1 heterocycles. The number of ketones is 1. The average Bonchev–Trinajstić information content (AvgIpc) is 2.75. The molecular formula is C12H22N2O14P3+.